The van der Waals surface area contributed by atoms with Gasteiger partial charge in [-0.1, -0.05) is 6.07 Å². The van der Waals surface area contributed by atoms with E-state index < -0.39 is 10.9 Å². The Bertz CT molecular complexity index is 1330. The molecule has 38 heavy (non-hydrogen) atoms. The van der Waals surface area contributed by atoms with E-state index in [4.69, 9.17) is 15.2 Å². The van der Waals surface area contributed by atoms with Crippen molar-refractivity contribution in [3.8, 4) is 17.2 Å². The van der Waals surface area contributed by atoms with Crippen molar-refractivity contribution >= 4 is 29.1 Å². The van der Waals surface area contributed by atoms with Crippen molar-refractivity contribution in [1.29, 1.82) is 0 Å². The number of nitrogens with two attached hydrogens (primary N) is 1. The lowest BCUT2D eigenvalue weighted by atomic mass is 10.2. The highest BCUT2D eigenvalue weighted by Gasteiger charge is 2.21. The molecular weight excluding hydrogens is 511 g/mol. The average molecular weight is 541 g/mol. The van der Waals surface area contributed by atoms with Crippen LogP contribution >= 0.6 is 11.8 Å². The summed E-state index contributed by atoms with van der Waals surface area (Å²) in [5.74, 6) is 1.14. The number of carbonyl (C=O) groups is 2. The number of thioether (sulfide) groups is 1. The van der Waals surface area contributed by atoms with Gasteiger partial charge in [0.1, 0.15) is 34.7 Å². The van der Waals surface area contributed by atoms with Gasteiger partial charge >= 0.3 is 0 Å². The van der Waals surface area contributed by atoms with Crippen LogP contribution in [0.3, 0.4) is 0 Å². The van der Waals surface area contributed by atoms with Crippen LogP contribution in [-0.2, 0) is 11.3 Å². The van der Waals surface area contributed by atoms with Crippen LogP contribution in [-0.4, -0.2) is 44.7 Å². The molecule has 0 radical (unpaired) electrons. The summed E-state index contributed by atoms with van der Waals surface area (Å²) >= 11 is 0.861. The molecule has 0 bridgehead atoms. The third kappa shape index (κ3) is 7.53. The number of aliphatic hydroxyl groups excluding tert-OH is 1. The normalized spacial score (nSPS) is 11.5. The number of benzene rings is 2. The van der Waals surface area contributed by atoms with E-state index in [0.717, 1.165) is 11.8 Å². The Balaban J connectivity index is 1.92. The zero-order valence-electron chi connectivity index (χ0n) is 21.3. The molecule has 0 spiro atoms. The lowest BCUT2D eigenvalue weighted by molar-refractivity contribution is -0.116. The number of carbonyl (C=O) groups excluding carboxylic acids is 2. The van der Waals surface area contributed by atoms with Crippen LogP contribution < -0.4 is 15.2 Å². The Labute approximate surface area is 224 Å². The Morgan fingerprint density at radius 3 is 2.68 bits per heavy atom. The molecule has 0 aliphatic carbocycles. The number of nitrogen functional groups attached to an aromatic ring is 1. The Hall–Kier alpha value is -3.96. The topological polar surface area (TPSA) is 128 Å². The summed E-state index contributed by atoms with van der Waals surface area (Å²) in [6, 6.07) is 10.3. The van der Waals surface area contributed by atoms with Gasteiger partial charge in [-0.15, -0.1) is 0 Å². The summed E-state index contributed by atoms with van der Waals surface area (Å²) in [5, 5.41) is 9.28. The van der Waals surface area contributed by atoms with Gasteiger partial charge in [-0.2, -0.15) is 0 Å². The van der Waals surface area contributed by atoms with E-state index in [1.165, 1.54) is 23.1 Å². The molecule has 200 valence electrons. The number of anilines is 1. The summed E-state index contributed by atoms with van der Waals surface area (Å²) < 4.78 is 25.1. The van der Waals surface area contributed by atoms with E-state index in [1.54, 1.807) is 44.3 Å². The standard InChI is InChI=1S/C27H29FN4O5S/c1-4-36-21-8-9-23(24(13-21)37-22-7-5-6-20(28)12-22)27(35)38-25(10-11-33)17(2)32(16-34)15-19-14-30-18(3)31-26(19)29/h5-9,12-14,16,33H,4,10-11,15H2,1-3H3,(H2,29,30,31)/b25-17-. The largest absolute Gasteiger partial charge is 0.494 e. The van der Waals surface area contributed by atoms with Crippen molar-refractivity contribution in [2.24, 2.45) is 0 Å². The number of nitrogens with zero attached hydrogens (tertiary/aromatic N) is 3. The van der Waals surface area contributed by atoms with Crippen LogP contribution in [0.5, 0.6) is 17.2 Å². The first kappa shape index (κ1) is 28.6. The predicted octanol–water partition coefficient (Wildman–Crippen LogP) is 4.84. The molecule has 2 aromatic carbocycles. The lowest BCUT2D eigenvalue weighted by Gasteiger charge is -2.22. The van der Waals surface area contributed by atoms with Crippen molar-refractivity contribution in [3.63, 3.8) is 0 Å². The maximum Gasteiger partial charge on any atom is 0.227 e. The van der Waals surface area contributed by atoms with Gasteiger partial charge in [-0.05, 0) is 56.8 Å². The van der Waals surface area contributed by atoms with Gasteiger partial charge in [0.2, 0.25) is 11.5 Å². The summed E-state index contributed by atoms with van der Waals surface area (Å²) in [4.78, 5) is 35.5. The second-order valence-electron chi connectivity index (χ2n) is 8.08. The Morgan fingerprint density at radius 2 is 2.03 bits per heavy atom. The molecule has 0 unspecified atom stereocenters. The number of amides is 1. The average Bonchev–Trinajstić information content (AvgIpc) is 2.88. The van der Waals surface area contributed by atoms with Gasteiger partial charge in [0.25, 0.3) is 0 Å². The summed E-state index contributed by atoms with van der Waals surface area (Å²) in [7, 11) is 0. The fourth-order valence-corrected chi connectivity index (χ4v) is 4.42. The third-order valence-corrected chi connectivity index (χ3v) is 6.53. The predicted molar refractivity (Wildman–Crippen MR) is 143 cm³/mol. The van der Waals surface area contributed by atoms with Crippen LogP contribution in [0.4, 0.5) is 10.2 Å². The van der Waals surface area contributed by atoms with Crippen molar-refractivity contribution in [2.75, 3.05) is 18.9 Å². The number of rotatable bonds is 12. The number of ether oxygens (including phenoxy) is 2. The van der Waals surface area contributed by atoms with Gasteiger partial charge in [0.05, 0.1) is 18.7 Å². The van der Waals surface area contributed by atoms with Crippen molar-refractivity contribution in [1.82, 2.24) is 14.9 Å². The van der Waals surface area contributed by atoms with Crippen molar-refractivity contribution < 1.29 is 28.6 Å². The molecule has 0 atom stereocenters. The van der Waals surface area contributed by atoms with Crippen LogP contribution in [0.2, 0.25) is 0 Å². The molecule has 0 saturated heterocycles. The first-order valence-corrected chi connectivity index (χ1v) is 12.6. The molecule has 3 rings (SSSR count). The van der Waals surface area contributed by atoms with E-state index >= 15 is 0 Å². The SMILES string of the molecule is CCOc1ccc(C(=O)S/C(CCO)=C(/C)N(C=O)Cc2cnc(C)nc2N)c(Oc2cccc(F)c2)c1. The maximum absolute atomic E-state index is 13.7. The molecule has 9 nitrogen and oxygen atoms in total. The molecule has 0 aliphatic rings. The Morgan fingerprint density at radius 1 is 1.24 bits per heavy atom. The number of aliphatic hydroxyl groups is 1. The van der Waals surface area contributed by atoms with Crippen molar-refractivity contribution in [2.45, 2.75) is 33.7 Å². The minimum atomic E-state index is -0.483. The first-order valence-electron chi connectivity index (χ1n) is 11.8. The van der Waals surface area contributed by atoms with E-state index in [-0.39, 0.29) is 42.5 Å². The van der Waals surface area contributed by atoms with Crippen LogP contribution in [0, 0.1) is 12.7 Å². The Kier molecular flexibility index (Phi) is 10.2. The van der Waals surface area contributed by atoms with Gasteiger partial charge < -0.3 is 25.2 Å². The number of aryl methyl sites for hydroxylation is 1. The zero-order chi connectivity index (χ0) is 27.7. The quantitative estimate of drug-likeness (QED) is 0.310. The molecule has 3 N–H and O–H groups in total. The molecule has 1 aromatic heterocycles. The lowest BCUT2D eigenvalue weighted by Crippen LogP contribution is -2.22. The smallest absolute Gasteiger partial charge is 0.227 e. The molecule has 0 saturated carbocycles. The monoisotopic (exact) mass is 540 g/mol. The highest BCUT2D eigenvalue weighted by molar-refractivity contribution is 8.17. The van der Waals surface area contributed by atoms with E-state index in [1.807, 2.05) is 6.92 Å². The molecule has 0 fully saturated rings. The minimum Gasteiger partial charge on any atom is -0.494 e. The van der Waals surface area contributed by atoms with Gasteiger partial charge in [0.15, 0.2) is 0 Å². The van der Waals surface area contributed by atoms with Gasteiger partial charge in [-0.25, -0.2) is 14.4 Å². The van der Waals surface area contributed by atoms with Crippen molar-refractivity contribution in [3.05, 3.63) is 82.0 Å². The zero-order valence-corrected chi connectivity index (χ0v) is 22.1. The van der Waals surface area contributed by atoms with Gasteiger partial charge in [-0.3, -0.25) is 9.59 Å². The number of aromatic nitrogens is 2. The highest BCUT2D eigenvalue weighted by Crippen LogP contribution is 2.36. The van der Waals surface area contributed by atoms with E-state index in [9.17, 15) is 19.1 Å². The highest BCUT2D eigenvalue weighted by atomic mass is 32.2. The number of allylic oxidation sites excluding steroid dienone is 1. The first-order chi connectivity index (χ1) is 18.2. The van der Waals surface area contributed by atoms with E-state index in [0.29, 0.717) is 40.8 Å². The third-order valence-electron chi connectivity index (χ3n) is 5.38. The number of halogens is 1. The fraction of sp³-hybridized carbons (Fsp3) is 0.259. The van der Waals surface area contributed by atoms with Crippen LogP contribution in [0.25, 0.3) is 0 Å². The van der Waals surface area contributed by atoms with Crippen LogP contribution in [0.1, 0.15) is 42.0 Å². The van der Waals surface area contributed by atoms with Crippen LogP contribution in [0.15, 0.2) is 59.3 Å². The number of hydrogen-bond acceptors (Lipinski definition) is 9. The fourth-order valence-electron chi connectivity index (χ4n) is 3.46. The molecule has 0 aliphatic heterocycles. The summed E-state index contributed by atoms with van der Waals surface area (Å²) in [6.07, 6.45) is 2.29. The second-order valence-corrected chi connectivity index (χ2v) is 9.15. The summed E-state index contributed by atoms with van der Waals surface area (Å²) in [5.41, 5.74) is 7.19. The van der Waals surface area contributed by atoms with E-state index in [2.05, 4.69) is 9.97 Å². The van der Waals surface area contributed by atoms with Gasteiger partial charge in [0, 0.05) is 47.5 Å². The molecule has 1 amide bonds. The summed E-state index contributed by atoms with van der Waals surface area (Å²) in [6.45, 7) is 5.45. The molecule has 11 heteroatoms. The molecule has 1 heterocycles. The number of hydrogen-bond donors (Lipinski definition) is 2. The second kappa shape index (κ2) is 13.5. The maximum atomic E-state index is 13.7. The molecule has 3 aromatic rings. The minimum absolute atomic E-state index is 0.0854. The molecular formula is C27H29FN4O5S.